The van der Waals surface area contributed by atoms with E-state index in [9.17, 15) is 0 Å². The van der Waals surface area contributed by atoms with Gasteiger partial charge in [0, 0.05) is 0 Å². The minimum Gasteiger partial charge on any atom is -0.274 e. The topological polar surface area (TPSA) is 92.5 Å². The van der Waals surface area contributed by atoms with Gasteiger partial charge in [0.2, 0.25) is 0 Å². The number of hydrogen-bond acceptors (Lipinski definition) is 4. The summed E-state index contributed by atoms with van der Waals surface area (Å²) in [6.07, 6.45) is 0. The van der Waals surface area contributed by atoms with Crippen molar-refractivity contribution in [3.05, 3.63) is 0 Å². The Bertz CT molecular complexity index is 4.00. The molecule has 6 N–H and O–H groups in total. The van der Waals surface area contributed by atoms with Gasteiger partial charge in [-0.25, -0.2) is 0 Å². The van der Waals surface area contributed by atoms with E-state index in [1.807, 2.05) is 0 Å². The summed E-state index contributed by atoms with van der Waals surface area (Å²) in [5.41, 5.74) is 0. The lowest BCUT2D eigenvalue weighted by molar-refractivity contribution is -0.176. The van der Waals surface area contributed by atoms with E-state index in [-0.39, 0.29) is 0 Å². The van der Waals surface area contributed by atoms with Crippen molar-refractivity contribution in [3.8, 4) is 0 Å². The second-order valence-corrected chi connectivity index (χ2v) is 0. The molecular formula is H6N2O2. The van der Waals surface area contributed by atoms with E-state index in [4.69, 9.17) is 10.5 Å². The van der Waals surface area contributed by atoms with Crippen molar-refractivity contribution in [2.45, 2.75) is 0 Å². The molecule has 0 unspecified atom stereocenters. The maximum absolute atomic E-state index is 6.00. The fourth-order valence-corrected chi connectivity index (χ4v) is 0. The zero-order valence-corrected chi connectivity index (χ0v) is 2.05. The lowest BCUT2D eigenvalue weighted by Gasteiger charge is -1.27. The smallest absolute Gasteiger partial charge is 0.255 e. The highest BCUT2D eigenvalue weighted by Gasteiger charge is 0.746. The molecule has 0 amide bonds. The first-order valence-electron chi connectivity index (χ1n) is 0.533. The first-order chi connectivity index (χ1) is 2.00. The summed E-state index contributed by atoms with van der Waals surface area (Å²) in [5, 5.41) is 12.0. The molecule has 0 aromatic rings. The van der Waals surface area contributed by atoms with Gasteiger partial charge in [-0.05, 0) is 0 Å². The van der Waals surface area contributed by atoms with Crippen LogP contribution in [0, 0.1) is 0 Å². The summed E-state index contributed by atoms with van der Waals surface area (Å²) in [6, 6.07) is 0. The Hall–Kier alpha value is -0.160. The van der Waals surface area contributed by atoms with Crippen molar-refractivity contribution in [3.63, 3.8) is 0 Å². The number of nitrogens with two attached hydrogens (primary N) is 2. The normalized spacial score (nSPS) is 3.00. The Morgan fingerprint density at radius 3 is 1.00 bits per heavy atom. The third-order valence-corrected chi connectivity index (χ3v) is 0. The molecule has 4 heteroatoms. The monoisotopic (exact) mass is 66.0 g/mol. The molecule has 0 spiro atoms. The number of hydrogen-bond donors (Lipinski definition) is 4. The van der Waals surface area contributed by atoms with Crippen molar-refractivity contribution in [1.82, 2.24) is 0 Å². The Kier molecular flexibility index (Phi) is 859. The largest absolute Gasteiger partial charge is 0.274 e. The highest BCUT2D eigenvalue weighted by atomic mass is 17.0. The highest BCUT2D eigenvalue weighted by molar-refractivity contribution is 3.26. The van der Waals surface area contributed by atoms with Crippen LogP contribution in [0.25, 0.3) is 0 Å². The Balaban J connectivity index is 0. The van der Waals surface area contributed by atoms with Crippen LogP contribution in [-0.4, -0.2) is 10.5 Å². The van der Waals surface area contributed by atoms with Crippen LogP contribution in [-0.2, 0) is 0 Å². The molecule has 0 aliphatic rings. The molecule has 0 rings (SSSR count). The fraction of sp³-hybridized carbons (Fsp3) is 0. The molecule has 0 saturated heterocycles. The Morgan fingerprint density at radius 2 is 1.00 bits per heavy atom. The zero-order valence-electron chi connectivity index (χ0n) is 2.05. The molecule has 0 bridgehead atoms. The maximum atomic E-state index is 6.00. The summed E-state index contributed by atoms with van der Waals surface area (Å²) in [4.78, 5) is 0. The van der Waals surface area contributed by atoms with Crippen LogP contribution < -0.4 is 11.7 Å². The van der Waals surface area contributed by atoms with Crippen LogP contribution in [0.4, 0.5) is 0 Å². The third kappa shape index (κ3) is 50.7. The molecule has 0 aromatic carbocycles. The van der Waals surface area contributed by atoms with Crippen molar-refractivity contribution >= 4 is 0 Å². The molecule has 0 aliphatic carbocycles. The van der Waals surface area contributed by atoms with Crippen molar-refractivity contribution in [2.24, 2.45) is 11.7 Å². The summed E-state index contributed by atoms with van der Waals surface area (Å²) in [5.74, 6) is 8.00. The third-order valence-electron chi connectivity index (χ3n) is 0. The zero-order chi connectivity index (χ0) is 4.00. The Labute approximate surface area is 23.5 Å². The van der Waals surface area contributed by atoms with Crippen LogP contribution in [0.2, 0.25) is 0 Å². The van der Waals surface area contributed by atoms with Gasteiger partial charge in [-0.1, -0.05) is 0 Å². The predicted octanol–water partition coefficient (Wildman–Crippen LogP) is -1.16. The average Bonchev–Trinajstić information content (AvgIpc) is 1.50. The molecule has 0 heterocycles. The highest BCUT2D eigenvalue weighted by Crippen LogP contribution is 0.711. The average molecular weight is 66.1 g/mol. The molecule has 0 atom stereocenters. The van der Waals surface area contributed by atoms with Crippen molar-refractivity contribution < 1.29 is 10.5 Å². The SMILES string of the molecule is NN.OO. The molecule has 0 radical (unpaired) electrons. The van der Waals surface area contributed by atoms with Crippen LogP contribution in [0.1, 0.15) is 0 Å². The summed E-state index contributed by atoms with van der Waals surface area (Å²) in [6.45, 7) is 0. The molecule has 0 fully saturated rings. The van der Waals surface area contributed by atoms with Crippen LogP contribution >= 0.6 is 0 Å². The quantitative estimate of drug-likeness (QED) is 0.163. The van der Waals surface area contributed by atoms with E-state index >= 15 is 0 Å². The van der Waals surface area contributed by atoms with E-state index in [2.05, 4.69) is 11.7 Å². The van der Waals surface area contributed by atoms with E-state index in [1.54, 1.807) is 0 Å². The van der Waals surface area contributed by atoms with Crippen molar-refractivity contribution in [1.29, 1.82) is 0 Å². The molecule has 0 saturated carbocycles. The van der Waals surface area contributed by atoms with Gasteiger partial charge >= 0.3 is 0 Å². The van der Waals surface area contributed by atoms with Gasteiger partial charge in [0.05, 0.1) is 0 Å². The van der Waals surface area contributed by atoms with Gasteiger partial charge in [-0.2, -0.15) is 0 Å². The second-order valence-electron chi connectivity index (χ2n) is 0. The second kappa shape index (κ2) is 376. The first-order valence-corrected chi connectivity index (χ1v) is 0.533. The molecule has 0 aliphatic heterocycles. The standard InChI is InChI=1S/H4N2.H2O2/c2*1-2/h1-2H2;1-2H. The summed E-state index contributed by atoms with van der Waals surface area (Å²) >= 11 is 0. The van der Waals surface area contributed by atoms with E-state index in [0.29, 0.717) is 0 Å². The van der Waals surface area contributed by atoms with Crippen LogP contribution in [0.3, 0.4) is 0 Å². The van der Waals surface area contributed by atoms with Crippen LogP contribution in [0.15, 0.2) is 0 Å². The first kappa shape index (κ1) is 9.15. The number of hydrazine groups is 1. The fourth-order valence-electron chi connectivity index (χ4n) is 0. The summed E-state index contributed by atoms with van der Waals surface area (Å²) in [7, 11) is 0. The van der Waals surface area contributed by atoms with Gasteiger partial charge in [-0.3, -0.25) is 22.2 Å². The lowest BCUT2D eigenvalue weighted by atomic mass is 13.0. The van der Waals surface area contributed by atoms with E-state index < -0.39 is 0 Å². The van der Waals surface area contributed by atoms with Crippen molar-refractivity contribution in [2.75, 3.05) is 0 Å². The van der Waals surface area contributed by atoms with Gasteiger partial charge < -0.3 is 0 Å². The molecule has 4 nitrogen and oxygen atoms in total. The molecule has 4 heavy (non-hydrogen) atoms. The minimum absolute atomic E-state index is 4.00. The van der Waals surface area contributed by atoms with Gasteiger partial charge in [0.1, 0.15) is 0 Å². The van der Waals surface area contributed by atoms with Gasteiger partial charge in [-0.15, -0.1) is 0 Å². The van der Waals surface area contributed by atoms with Gasteiger partial charge in [0.15, 0.2) is 0 Å². The van der Waals surface area contributed by atoms with E-state index in [1.165, 1.54) is 0 Å². The Morgan fingerprint density at radius 1 is 1.00 bits per heavy atom. The summed E-state index contributed by atoms with van der Waals surface area (Å²) < 4.78 is 0. The molecular weight excluding hydrogens is 60.0 g/mol. The maximum Gasteiger partial charge on any atom is -0.255 e. The number of rotatable bonds is 0. The molecule has 28 valence electrons. The van der Waals surface area contributed by atoms with E-state index in [0.717, 1.165) is 0 Å². The lowest BCUT2D eigenvalue weighted by Crippen LogP contribution is -2.02. The minimum atomic E-state index is 4.00. The predicted molar refractivity (Wildman–Crippen MR) is 13.6 cm³/mol. The molecule has 0 aromatic heterocycles. The van der Waals surface area contributed by atoms with Gasteiger partial charge in [0.25, 0.3) is 0 Å². The van der Waals surface area contributed by atoms with Crippen LogP contribution in [0.5, 0.6) is 0 Å².